The van der Waals surface area contributed by atoms with Crippen molar-refractivity contribution in [3.05, 3.63) is 44.7 Å². The van der Waals surface area contributed by atoms with Crippen LogP contribution in [0.2, 0.25) is 0 Å². The van der Waals surface area contributed by atoms with Crippen LogP contribution < -0.4 is 10.2 Å². The van der Waals surface area contributed by atoms with Gasteiger partial charge in [-0.2, -0.15) is 0 Å². The summed E-state index contributed by atoms with van der Waals surface area (Å²) in [5, 5.41) is 5.42. The van der Waals surface area contributed by atoms with Gasteiger partial charge in [0.05, 0.1) is 3.79 Å². The van der Waals surface area contributed by atoms with Gasteiger partial charge in [0.25, 0.3) is 0 Å². The Morgan fingerprint density at radius 2 is 2.26 bits per heavy atom. The maximum absolute atomic E-state index is 4.45. The van der Waals surface area contributed by atoms with Gasteiger partial charge >= 0.3 is 0 Å². The first-order valence-corrected chi connectivity index (χ1v) is 7.84. The van der Waals surface area contributed by atoms with E-state index in [1.807, 2.05) is 13.2 Å². The number of hydrogen-bond donors (Lipinski definition) is 1. The van der Waals surface area contributed by atoms with Gasteiger partial charge < -0.3 is 10.2 Å². The molecule has 0 saturated carbocycles. The second-order valence-electron chi connectivity index (χ2n) is 4.57. The Kier molecular flexibility index (Phi) is 4.96. The predicted molar refractivity (Wildman–Crippen MR) is 85.8 cm³/mol. The first kappa shape index (κ1) is 14.5. The lowest BCUT2D eigenvalue weighted by molar-refractivity contribution is 0.651. The van der Waals surface area contributed by atoms with E-state index < -0.39 is 0 Å². The molecule has 0 bridgehead atoms. The van der Waals surface area contributed by atoms with Gasteiger partial charge in [0.15, 0.2) is 0 Å². The fourth-order valence-corrected chi connectivity index (χ4v) is 3.06. The molecule has 1 unspecified atom stereocenters. The number of rotatable bonds is 5. The fraction of sp³-hybridized carbons (Fsp3) is 0.357. The molecule has 0 aliphatic rings. The molecular weight excluding hydrogens is 322 g/mol. The van der Waals surface area contributed by atoms with E-state index >= 15 is 0 Å². The largest absolute Gasteiger partial charge is 0.355 e. The van der Waals surface area contributed by atoms with Gasteiger partial charge in [0, 0.05) is 25.8 Å². The standard InChI is InChI=1S/C14H18BrN3S/c1-10(16-2)12-4-5-17-14(7-12)18(3)8-11-6-13(15)19-9-11/h4-7,9-10,16H,8H2,1-3H3. The topological polar surface area (TPSA) is 28.2 Å². The lowest BCUT2D eigenvalue weighted by atomic mass is 10.1. The minimum atomic E-state index is 0.338. The first-order valence-electron chi connectivity index (χ1n) is 6.17. The first-order chi connectivity index (χ1) is 9.10. The third-order valence-corrected chi connectivity index (χ3v) is 4.69. The van der Waals surface area contributed by atoms with Crippen molar-refractivity contribution >= 4 is 33.1 Å². The minimum absolute atomic E-state index is 0.338. The lowest BCUT2D eigenvalue weighted by Crippen LogP contribution is -2.18. The molecule has 0 radical (unpaired) electrons. The summed E-state index contributed by atoms with van der Waals surface area (Å²) in [5.74, 6) is 1.00. The van der Waals surface area contributed by atoms with Gasteiger partial charge in [-0.25, -0.2) is 4.98 Å². The molecule has 3 nitrogen and oxygen atoms in total. The maximum atomic E-state index is 4.45. The normalized spacial score (nSPS) is 12.4. The van der Waals surface area contributed by atoms with Crippen LogP contribution in [-0.2, 0) is 6.54 Å². The van der Waals surface area contributed by atoms with Crippen LogP contribution in [0.1, 0.15) is 24.1 Å². The average molecular weight is 340 g/mol. The Balaban J connectivity index is 2.12. The van der Waals surface area contributed by atoms with Gasteiger partial charge in [0.2, 0.25) is 0 Å². The predicted octanol–water partition coefficient (Wildman–Crippen LogP) is 3.82. The van der Waals surface area contributed by atoms with Crippen LogP contribution >= 0.6 is 27.3 Å². The van der Waals surface area contributed by atoms with Crippen LogP contribution in [0.15, 0.2) is 33.6 Å². The van der Waals surface area contributed by atoms with E-state index in [9.17, 15) is 0 Å². The number of anilines is 1. The molecule has 2 aromatic rings. The van der Waals surface area contributed by atoms with Crippen LogP contribution in [0.4, 0.5) is 5.82 Å². The molecule has 2 rings (SSSR count). The molecule has 0 amide bonds. The fourth-order valence-electron chi connectivity index (χ4n) is 1.86. The van der Waals surface area contributed by atoms with Gasteiger partial charge in [-0.3, -0.25) is 0 Å². The second kappa shape index (κ2) is 6.50. The van der Waals surface area contributed by atoms with E-state index in [1.165, 1.54) is 14.9 Å². The van der Waals surface area contributed by atoms with Crippen molar-refractivity contribution < 1.29 is 0 Å². The molecule has 0 aliphatic heterocycles. The molecule has 2 heterocycles. The molecule has 19 heavy (non-hydrogen) atoms. The highest BCUT2D eigenvalue weighted by molar-refractivity contribution is 9.11. The van der Waals surface area contributed by atoms with Crippen LogP contribution in [0.25, 0.3) is 0 Å². The summed E-state index contributed by atoms with van der Waals surface area (Å²) in [7, 11) is 4.04. The van der Waals surface area contributed by atoms with Crippen molar-refractivity contribution in [2.24, 2.45) is 0 Å². The van der Waals surface area contributed by atoms with E-state index in [-0.39, 0.29) is 0 Å². The Morgan fingerprint density at radius 3 is 2.89 bits per heavy atom. The Bertz CT molecular complexity index is 541. The molecule has 102 valence electrons. The van der Waals surface area contributed by atoms with Crippen molar-refractivity contribution in [1.82, 2.24) is 10.3 Å². The zero-order chi connectivity index (χ0) is 13.8. The number of thiophene rings is 1. The summed E-state index contributed by atoms with van der Waals surface area (Å²) >= 11 is 5.21. The number of aromatic nitrogens is 1. The average Bonchev–Trinajstić information content (AvgIpc) is 2.83. The smallest absolute Gasteiger partial charge is 0.128 e. The summed E-state index contributed by atoms with van der Waals surface area (Å²) in [6.07, 6.45) is 1.87. The third-order valence-electron chi connectivity index (χ3n) is 3.14. The summed E-state index contributed by atoms with van der Waals surface area (Å²) in [5.41, 5.74) is 2.55. The zero-order valence-corrected chi connectivity index (χ0v) is 13.8. The van der Waals surface area contributed by atoms with Crippen LogP contribution in [0.5, 0.6) is 0 Å². The molecule has 0 spiro atoms. The molecule has 2 aromatic heterocycles. The van der Waals surface area contributed by atoms with Crippen molar-refractivity contribution in [3.8, 4) is 0 Å². The summed E-state index contributed by atoms with van der Waals surface area (Å²) in [6.45, 7) is 3.02. The Labute approximate surface area is 126 Å². The van der Waals surface area contributed by atoms with Crippen molar-refractivity contribution in [1.29, 1.82) is 0 Å². The maximum Gasteiger partial charge on any atom is 0.128 e. The molecule has 0 fully saturated rings. The van der Waals surface area contributed by atoms with E-state index in [0.29, 0.717) is 6.04 Å². The molecule has 1 atom stereocenters. The van der Waals surface area contributed by atoms with Gasteiger partial charge in [-0.05, 0) is 64.6 Å². The zero-order valence-electron chi connectivity index (χ0n) is 11.4. The van der Waals surface area contributed by atoms with Gasteiger partial charge in [-0.15, -0.1) is 11.3 Å². The quantitative estimate of drug-likeness (QED) is 0.897. The third kappa shape index (κ3) is 3.78. The molecule has 0 aliphatic carbocycles. The van der Waals surface area contributed by atoms with Crippen molar-refractivity contribution in [2.75, 3.05) is 19.0 Å². The second-order valence-corrected chi connectivity index (χ2v) is 6.86. The van der Waals surface area contributed by atoms with Crippen molar-refractivity contribution in [3.63, 3.8) is 0 Å². The number of hydrogen-bond acceptors (Lipinski definition) is 4. The van der Waals surface area contributed by atoms with Crippen molar-refractivity contribution in [2.45, 2.75) is 19.5 Å². The number of halogens is 1. The monoisotopic (exact) mass is 339 g/mol. The highest BCUT2D eigenvalue weighted by Crippen LogP contribution is 2.23. The van der Waals surface area contributed by atoms with Crippen LogP contribution in [0.3, 0.4) is 0 Å². The SMILES string of the molecule is CNC(C)c1ccnc(N(C)Cc2csc(Br)c2)c1. The van der Waals surface area contributed by atoms with E-state index in [1.54, 1.807) is 11.3 Å². The number of nitrogens with zero attached hydrogens (tertiary/aromatic N) is 2. The summed E-state index contributed by atoms with van der Waals surface area (Å²) in [6, 6.07) is 6.69. The minimum Gasteiger partial charge on any atom is -0.355 e. The van der Waals surface area contributed by atoms with E-state index in [0.717, 1.165) is 12.4 Å². The van der Waals surface area contributed by atoms with Gasteiger partial charge in [-0.1, -0.05) is 0 Å². The van der Waals surface area contributed by atoms with E-state index in [4.69, 9.17) is 0 Å². The summed E-state index contributed by atoms with van der Waals surface area (Å²) < 4.78 is 1.17. The van der Waals surface area contributed by atoms with Crippen LogP contribution in [-0.4, -0.2) is 19.1 Å². The van der Waals surface area contributed by atoms with Gasteiger partial charge in [0.1, 0.15) is 5.82 Å². The number of pyridine rings is 1. The summed E-state index contributed by atoms with van der Waals surface area (Å²) in [4.78, 5) is 6.62. The Hall–Kier alpha value is -0.910. The molecule has 5 heteroatoms. The number of nitrogens with one attached hydrogen (secondary N) is 1. The Morgan fingerprint density at radius 1 is 1.47 bits per heavy atom. The molecule has 1 N–H and O–H groups in total. The lowest BCUT2D eigenvalue weighted by Gasteiger charge is -2.19. The molecular formula is C14H18BrN3S. The highest BCUT2D eigenvalue weighted by atomic mass is 79.9. The van der Waals surface area contributed by atoms with E-state index in [2.05, 4.69) is 68.7 Å². The van der Waals surface area contributed by atoms with Crippen LogP contribution in [0, 0.1) is 0 Å². The highest BCUT2D eigenvalue weighted by Gasteiger charge is 2.08. The molecule has 0 saturated heterocycles. The molecule has 0 aromatic carbocycles.